The number of nitrogens with one attached hydrogen (secondary N) is 2. The molecule has 0 aromatic carbocycles. The summed E-state index contributed by atoms with van der Waals surface area (Å²) in [6, 6.07) is 0.489. The highest BCUT2D eigenvalue weighted by Gasteiger charge is 2.42. The molecule has 3 aliphatic rings. The highest BCUT2D eigenvalue weighted by Crippen LogP contribution is 2.27. The van der Waals surface area contributed by atoms with Crippen LogP contribution in [0.15, 0.2) is 12.7 Å². The molecule has 3 rings (SSSR count). The topological polar surface area (TPSA) is 73.7 Å². The van der Waals surface area contributed by atoms with E-state index in [1.54, 1.807) is 18.7 Å². The fourth-order valence-corrected chi connectivity index (χ4v) is 4.04. The minimum atomic E-state index is -1.10. The smallest absolute Gasteiger partial charge is 0.220 e. The number of quaternary nitrogens is 1. The first-order valence-electron chi connectivity index (χ1n) is 8.24. The van der Waals surface area contributed by atoms with E-state index >= 15 is 0 Å². The summed E-state index contributed by atoms with van der Waals surface area (Å²) < 4.78 is 0. The fourth-order valence-electron chi connectivity index (χ4n) is 4.04. The molecule has 0 saturated carbocycles. The lowest BCUT2D eigenvalue weighted by atomic mass is 9.75. The van der Waals surface area contributed by atoms with E-state index in [0.29, 0.717) is 24.4 Å². The second kappa shape index (κ2) is 6.82. The van der Waals surface area contributed by atoms with E-state index < -0.39 is 11.4 Å². The minimum absolute atomic E-state index is 0.0615. The van der Waals surface area contributed by atoms with Crippen molar-refractivity contribution in [2.24, 2.45) is 17.3 Å². The van der Waals surface area contributed by atoms with E-state index in [0.717, 1.165) is 13.0 Å². The van der Waals surface area contributed by atoms with Crippen LogP contribution in [0, 0.1) is 17.3 Å². The average molecular weight is 308 g/mol. The fraction of sp³-hybridized carbons (Fsp3) is 0.765. The summed E-state index contributed by atoms with van der Waals surface area (Å²) in [5.74, 6) is 0.172. The molecule has 5 heteroatoms. The van der Waals surface area contributed by atoms with Crippen molar-refractivity contribution in [2.45, 2.75) is 45.6 Å². The third-order valence-electron chi connectivity index (χ3n) is 5.21. The van der Waals surface area contributed by atoms with Crippen LogP contribution in [0.1, 0.15) is 39.5 Å². The SMILES string of the molecule is C=C[C@H]1C[NH+]2CC[C@H]1C[C@@H]2CNC(=O)CC(C)(C)CC(=O)[O-]. The first kappa shape index (κ1) is 17.0. The van der Waals surface area contributed by atoms with Gasteiger partial charge in [0, 0.05) is 31.1 Å². The maximum atomic E-state index is 12.1. The first-order chi connectivity index (χ1) is 10.3. The molecule has 0 radical (unpaired) electrons. The Labute approximate surface area is 132 Å². The van der Waals surface area contributed by atoms with Crippen LogP contribution in [0.4, 0.5) is 0 Å². The summed E-state index contributed by atoms with van der Waals surface area (Å²) in [5, 5.41) is 13.7. The van der Waals surface area contributed by atoms with Crippen LogP contribution in [0.25, 0.3) is 0 Å². The molecule has 3 aliphatic heterocycles. The molecule has 2 N–H and O–H groups in total. The van der Waals surface area contributed by atoms with Gasteiger partial charge in [0.15, 0.2) is 0 Å². The quantitative estimate of drug-likeness (QED) is 0.601. The van der Waals surface area contributed by atoms with E-state index in [9.17, 15) is 14.7 Å². The highest BCUT2D eigenvalue weighted by molar-refractivity contribution is 5.77. The number of carboxylic acids is 1. The van der Waals surface area contributed by atoms with E-state index in [1.807, 2.05) is 0 Å². The van der Waals surface area contributed by atoms with Crippen LogP contribution in [0.5, 0.6) is 0 Å². The Morgan fingerprint density at radius 1 is 1.41 bits per heavy atom. The molecule has 3 fully saturated rings. The molecule has 4 atom stereocenters. The summed E-state index contributed by atoms with van der Waals surface area (Å²) in [6.07, 6.45) is 4.62. The van der Waals surface area contributed by atoms with E-state index in [-0.39, 0.29) is 18.7 Å². The zero-order valence-electron chi connectivity index (χ0n) is 13.7. The van der Waals surface area contributed by atoms with Crippen LogP contribution in [0.2, 0.25) is 0 Å². The van der Waals surface area contributed by atoms with Gasteiger partial charge in [0.25, 0.3) is 0 Å². The molecule has 2 bridgehead atoms. The van der Waals surface area contributed by atoms with Gasteiger partial charge in [0.05, 0.1) is 19.6 Å². The van der Waals surface area contributed by atoms with Gasteiger partial charge in [-0.15, -0.1) is 6.58 Å². The van der Waals surface area contributed by atoms with Gasteiger partial charge in [0.2, 0.25) is 5.91 Å². The van der Waals surface area contributed by atoms with Crippen LogP contribution < -0.4 is 15.3 Å². The number of carboxylic acid groups (broad SMARTS) is 1. The number of hydrogen-bond acceptors (Lipinski definition) is 3. The van der Waals surface area contributed by atoms with Crippen LogP contribution >= 0.6 is 0 Å². The van der Waals surface area contributed by atoms with Crippen molar-refractivity contribution in [3.63, 3.8) is 0 Å². The van der Waals surface area contributed by atoms with Crippen molar-refractivity contribution in [2.75, 3.05) is 19.6 Å². The summed E-state index contributed by atoms with van der Waals surface area (Å²) in [6.45, 7) is 10.5. The largest absolute Gasteiger partial charge is 0.550 e. The van der Waals surface area contributed by atoms with Crippen molar-refractivity contribution in [3.05, 3.63) is 12.7 Å². The van der Waals surface area contributed by atoms with Crippen molar-refractivity contribution in [1.82, 2.24) is 5.32 Å². The highest BCUT2D eigenvalue weighted by atomic mass is 16.4. The van der Waals surface area contributed by atoms with Crippen LogP contribution in [-0.4, -0.2) is 37.6 Å². The first-order valence-corrected chi connectivity index (χ1v) is 8.24. The van der Waals surface area contributed by atoms with Crippen molar-refractivity contribution < 1.29 is 19.6 Å². The molecular weight excluding hydrogens is 280 g/mol. The van der Waals surface area contributed by atoms with Crippen molar-refractivity contribution >= 4 is 11.9 Å². The molecule has 5 nitrogen and oxygen atoms in total. The van der Waals surface area contributed by atoms with Gasteiger partial charge in [-0.1, -0.05) is 19.9 Å². The zero-order chi connectivity index (χ0) is 16.3. The maximum absolute atomic E-state index is 12.1. The monoisotopic (exact) mass is 308 g/mol. The predicted octanol–water partition coefficient (Wildman–Crippen LogP) is -0.862. The average Bonchev–Trinajstić information content (AvgIpc) is 2.43. The lowest BCUT2D eigenvalue weighted by molar-refractivity contribution is -0.944. The predicted molar refractivity (Wildman–Crippen MR) is 81.9 cm³/mol. The Morgan fingerprint density at radius 2 is 2.14 bits per heavy atom. The molecule has 0 aliphatic carbocycles. The van der Waals surface area contributed by atoms with Crippen molar-refractivity contribution in [3.8, 4) is 0 Å². The minimum Gasteiger partial charge on any atom is -0.550 e. The van der Waals surface area contributed by atoms with Gasteiger partial charge in [-0.25, -0.2) is 0 Å². The number of piperidine rings is 3. The molecule has 0 aromatic rings. The Kier molecular flexibility index (Phi) is 5.27. The molecule has 124 valence electrons. The Balaban J connectivity index is 1.78. The molecule has 3 heterocycles. The van der Waals surface area contributed by atoms with Gasteiger partial charge in [-0.3, -0.25) is 4.79 Å². The van der Waals surface area contributed by atoms with Gasteiger partial charge in [-0.2, -0.15) is 0 Å². The Bertz CT molecular complexity index is 447. The third kappa shape index (κ3) is 4.32. The van der Waals surface area contributed by atoms with Gasteiger partial charge in [0.1, 0.15) is 6.04 Å². The number of fused-ring (bicyclic) bond motifs is 3. The normalized spacial score (nSPS) is 30.8. The molecule has 1 amide bonds. The molecule has 0 spiro atoms. The second-order valence-electron chi connectivity index (χ2n) is 7.69. The summed E-state index contributed by atoms with van der Waals surface area (Å²) in [4.78, 5) is 24.3. The lowest BCUT2D eigenvalue weighted by Gasteiger charge is -2.46. The molecule has 22 heavy (non-hydrogen) atoms. The maximum Gasteiger partial charge on any atom is 0.220 e. The number of hydrogen-bond donors (Lipinski definition) is 2. The van der Waals surface area contributed by atoms with Gasteiger partial charge < -0.3 is 20.1 Å². The van der Waals surface area contributed by atoms with E-state index in [4.69, 9.17) is 0 Å². The standard InChI is InChI=1S/C17H28N2O3/c1-4-12-11-19-6-5-13(12)7-14(19)10-18-15(20)8-17(2,3)9-16(21)22/h4,12-14H,1,5-11H2,2-3H3,(H,18,20)(H,21,22)/t12-,13-,14+/m0/s1. The summed E-state index contributed by atoms with van der Waals surface area (Å²) >= 11 is 0. The number of rotatable bonds is 7. The third-order valence-corrected chi connectivity index (χ3v) is 5.21. The van der Waals surface area contributed by atoms with Gasteiger partial charge in [-0.05, 0) is 17.8 Å². The van der Waals surface area contributed by atoms with Crippen molar-refractivity contribution in [1.29, 1.82) is 0 Å². The van der Waals surface area contributed by atoms with Gasteiger partial charge >= 0.3 is 0 Å². The number of aliphatic carboxylic acids is 1. The molecule has 1 unspecified atom stereocenters. The number of carbonyl (C=O) groups is 2. The summed E-state index contributed by atoms with van der Waals surface area (Å²) in [7, 11) is 0. The lowest BCUT2D eigenvalue weighted by Crippen LogP contribution is -3.20. The van der Waals surface area contributed by atoms with E-state index in [1.165, 1.54) is 13.0 Å². The van der Waals surface area contributed by atoms with Crippen LogP contribution in [0.3, 0.4) is 0 Å². The molecular formula is C17H28N2O3. The van der Waals surface area contributed by atoms with E-state index in [2.05, 4.69) is 18.0 Å². The second-order valence-corrected chi connectivity index (χ2v) is 7.69. The Morgan fingerprint density at radius 3 is 2.68 bits per heavy atom. The molecule has 0 aromatic heterocycles. The Hall–Kier alpha value is -1.36. The molecule has 3 saturated heterocycles. The number of carbonyl (C=O) groups excluding carboxylic acids is 2. The summed E-state index contributed by atoms with van der Waals surface area (Å²) in [5.41, 5.74) is -0.560. The van der Waals surface area contributed by atoms with Crippen LogP contribution in [-0.2, 0) is 9.59 Å². The zero-order valence-corrected chi connectivity index (χ0v) is 13.7. The number of amides is 1.